The summed E-state index contributed by atoms with van der Waals surface area (Å²) in [4.78, 5) is 7.79. The summed E-state index contributed by atoms with van der Waals surface area (Å²) in [5.74, 6) is 2.36. The highest BCUT2D eigenvalue weighted by molar-refractivity contribution is 5.07. The Kier molecular flexibility index (Phi) is 3.26. The largest absolute Gasteiger partial charge is 0.367 e. The lowest BCUT2D eigenvalue weighted by atomic mass is 10.3. The molecule has 0 fully saturated rings. The Labute approximate surface area is 65.7 Å². The molecule has 3 nitrogen and oxygen atoms in total. The number of aromatic amines is 1. The van der Waals surface area contributed by atoms with Crippen LogP contribution in [0.4, 0.5) is 0 Å². The van der Waals surface area contributed by atoms with E-state index in [2.05, 4.69) is 16.4 Å². The molecule has 0 bridgehead atoms. The standard InChI is InChI=1S/C8H10N2O/c1-2-5-11-10-7-8-3-4-9-6-8/h1,3-4,6,9-10H,5,7H2. The van der Waals surface area contributed by atoms with Crippen LogP contribution in [0.25, 0.3) is 0 Å². The molecule has 0 aromatic carbocycles. The smallest absolute Gasteiger partial charge is 0.128 e. The van der Waals surface area contributed by atoms with Crippen LogP contribution >= 0.6 is 0 Å². The summed E-state index contributed by atoms with van der Waals surface area (Å²) in [6.45, 7) is 0.968. The predicted molar refractivity (Wildman–Crippen MR) is 42.4 cm³/mol. The van der Waals surface area contributed by atoms with Crippen molar-refractivity contribution < 1.29 is 4.84 Å². The van der Waals surface area contributed by atoms with Gasteiger partial charge in [-0.3, -0.25) is 4.84 Å². The highest BCUT2D eigenvalue weighted by Crippen LogP contribution is 1.93. The van der Waals surface area contributed by atoms with Crippen LogP contribution in [0, 0.1) is 12.3 Å². The summed E-state index contributed by atoms with van der Waals surface area (Å²) >= 11 is 0. The van der Waals surface area contributed by atoms with Crippen LogP contribution in [0.1, 0.15) is 5.56 Å². The van der Waals surface area contributed by atoms with Crippen molar-refractivity contribution in [3.63, 3.8) is 0 Å². The highest BCUT2D eigenvalue weighted by atomic mass is 16.6. The Morgan fingerprint density at radius 1 is 1.73 bits per heavy atom. The fraction of sp³-hybridized carbons (Fsp3) is 0.250. The molecule has 2 N–H and O–H groups in total. The average molecular weight is 150 g/mol. The van der Waals surface area contributed by atoms with E-state index in [1.807, 2.05) is 18.5 Å². The van der Waals surface area contributed by atoms with E-state index in [4.69, 9.17) is 11.3 Å². The topological polar surface area (TPSA) is 37.0 Å². The molecule has 0 atom stereocenters. The maximum absolute atomic E-state index is 4.97. The molecule has 0 aliphatic carbocycles. The minimum absolute atomic E-state index is 0.296. The Hall–Kier alpha value is -1.24. The van der Waals surface area contributed by atoms with Crippen molar-refractivity contribution >= 4 is 0 Å². The second-order valence-electron chi connectivity index (χ2n) is 2.03. The van der Waals surface area contributed by atoms with E-state index in [1.54, 1.807) is 0 Å². The molecule has 11 heavy (non-hydrogen) atoms. The molecule has 0 aliphatic heterocycles. The van der Waals surface area contributed by atoms with Gasteiger partial charge in [0, 0.05) is 18.9 Å². The quantitative estimate of drug-likeness (QED) is 0.376. The minimum atomic E-state index is 0.296. The monoisotopic (exact) mass is 150 g/mol. The summed E-state index contributed by atoms with van der Waals surface area (Å²) in [6.07, 6.45) is 8.72. The van der Waals surface area contributed by atoms with Crippen molar-refractivity contribution in [2.24, 2.45) is 0 Å². The number of H-pyrrole nitrogens is 1. The van der Waals surface area contributed by atoms with Gasteiger partial charge in [0.1, 0.15) is 6.61 Å². The number of rotatable bonds is 4. The third-order valence-corrected chi connectivity index (χ3v) is 1.20. The zero-order valence-corrected chi connectivity index (χ0v) is 6.13. The molecule has 1 rings (SSSR count). The molecule has 0 spiro atoms. The van der Waals surface area contributed by atoms with Gasteiger partial charge in [0.05, 0.1) is 0 Å². The van der Waals surface area contributed by atoms with E-state index in [9.17, 15) is 0 Å². The third kappa shape index (κ3) is 2.89. The second-order valence-corrected chi connectivity index (χ2v) is 2.03. The van der Waals surface area contributed by atoms with E-state index in [0.717, 1.165) is 5.56 Å². The van der Waals surface area contributed by atoms with Crippen LogP contribution in [0.15, 0.2) is 18.5 Å². The van der Waals surface area contributed by atoms with E-state index in [1.165, 1.54) is 0 Å². The van der Waals surface area contributed by atoms with E-state index in [-0.39, 0.29) is 0 Å². The van der Waals surface area contributed by atoms with E-state index in [0.29, 0.717) is 13.2 Å². The molecule has 1 heterocycles. The number of hydrogen-bond acceptors (Lipinski definition) is 2. The molecule has 1 aromatic rings. The van der Waals surface area contributed by atoms with Gasteiger partial charge in [-0.15, -0.1) is 6.42 Å². The maximum Gasteiger partial charge on any atom is 0.128 e. The summed E-state index contributed by atoms with van der Waals surface area (Å²) in [5.41, 5.74) is 3.87. The summed E-state index contributed by atoms with van der Waals surface area (Å²) in [5, 5.41) is 0. The van der Waals surface area contributed by atoms with Gasteiger partial charge in [0.25, 0.3) is 0 Å². The number of hydrogen-bond donors (Lipinski definition) is 2. The lowest BCUT2D eigenvalue weighted by Gasteiger charge is -1.99. The van der Waals surface area contributed by atoms with Crippen molar-refractivity contribution in [2.75, 3.05) is 6.61 Å². The van der Waals surface area contributed by atoms with Gasteiger partial charge in [-0.25, -0.2) is 0 Å². The van der Waals surface area contributed by atoms with E-state index >= 15 is 0 Å². The Balaban J connectivity index is 2.10. The number of aromatic nitrogens is 1. The molecule has 0 amide bonds. The highest BCUT2D eigenvalue weighted by Gasteiger charge is 1.89. The van der Waals surface area contributed by atoms with Crippen molar-refractivity contribution in [3.8, 4) is 12.3 Å². The van der Waals surface area contributed by atoms with Crippen LogP contribution in [0.2, 0.25) is 0 Å². The molecule has 0 aliphatic rings. The molecule has 0 unspecified atom stereocenters. The third-order valence-electron chi connectivity index (χ3n) is 1.20. The lowest BCUT2D eigenvalue weighted by molar-refractivity contribution is 0.0615. The molecular formula is C8H10N2O. The van der Waals surface area contributed by atoms with Gasteiger partial charge in [0.2, 0.25) is 0 Å². The van der Waals surface area contributed by atoms with E-state index < -0.39 is 0 Å². The fourth-order valence-corrected chi connectivity index (χ4v) is 0.695. The van der Waals surface area contributed by atoms with Gasteiger partial charge >= 0.3 is 0 Å². The van der Waals surface area contributed by atoms with Crippen molar-refractivity contribution in [1.29, 1.82) is 0 Å². The first-order valence-corrected chi connectivity index (χ1v) is 3.33. The molecule has 0 radical (unpaired) electrons. The minimum Gasteiger partial charge on any atom is -0.367 e. The molecule has 0 saturated carbocycles. The Morgan fingerprint density at radius 2 is 2.64 bits per heavy atom. The second kappa shape index (κ2) is 4.56. The summed E-state index contributed by atoms with van der Waals surface area (Å²) in [6, 6.07) is 1.96. The van der Waals surface area contributed by atoms with Gasteiger partial charge in [0.15, 0.2) is 0 Å². The van der Waals surface area contributed by atoms with Crippen LogP contribution in [0.3, 0.4) is 0 Å². The van der Waals surface area contributed by atoms with Gasteiger partial charge in [-0.1, -0.05) is 5.92 Å². The first-order chi connectivity index (χ1) is 5.43. The van der Waals surface area contributed by atoms with Crippen LogP contribution < -0.4 is 5.48 Å². The molecule has 58 valence electrons. The van der Waals surface area contributed by atoms with Gasteiger partial charge < -0.3 is 4.98 Å². The van der Waals surface area contributed by atoms with Crippen molar-refractivity contribution in [2.45, 2.75) is 6.54 Å². The Morgan fingerprint density at radius 3 is 3.27 bits per heavy atom. The first kappa shape index (κ1) is 7.86. The lowest BCUT2D eigenvalue weighted by Crippen LogP contribution is -2.13. The zero-order chi connectivity index (χ0) is 7.94. The normalized spacial score (nSPS) is 9.36. The van der Waals surface area contributed by atoms with Crippen molar-refractivity contribution in [1.82, 2.24) is 10.5 Å². The van der Waals surface area contributed by atoms with Crippen molar-refractivity contribution in [3.05, 3.63) is 24.0 Å². The Bertz CT molecular complexity index is 223. The molecular weight excluding hydrogens is 140 g/mol. The molecule has 1 aromatic heterocycles. The van der Waals surface area contributed by atoms with Gasteiger partial charge in [-0.05, 0) is 11.6 Å². The average Bonchev–Trinajstić information content (AvgIpc) is 2.50. The summed E-state index contributed by atoms with van der Waals surface area (Å²) < 4.78 is 0. The van der Waals surface area contributed by atoms with Crippen LogP contribution in [-0.4, -0.2) is 11.6 Å². The van der Waals surface area contributed by atoms with Gasteiger partial charge in [-0.2, -0.15) is 5.48 Å². The zero-order valence-electron chi connectivity index (χ0n) is 6.13. The van der Waals surface area contributed by atoms with Crippen LogP contribution in [0.5, 0.6) is 0 Å². The SMILES string of the molecule is C#CCONCc1cc[nH]c1. The fourth-order valence-electron chi connectivity index (χ4n) is 0.695. The number of nitrogens with one attached hydrogen (secondary N) is 2. The predicted octanol–water partition coefficient (Wildman–Crippen LogP) is 0.669. The molecule has 3 heteroatoms. The first-order valence-electron chi connectivity index (χ1n) is 3.33. The van der Waals surface area contributed by atoms with Crippen LogP contribution in [-0.2, 0) is 11.4 Å². The maximum atomic E-state index is 4.97. The molecule has 0 saturated heterocycles. The number of terminal acetylenes is 1. The summed E-state index contributed by atoms with van der Waals surface area (Å²) in [7, 11) is 0. The number of hydroxylamine groups is 1.